The van der Waals surface area contributed by atoms with Crippen LogP contribution in [0.5, 0.6) is 0 Å². The van der Waals surface area contributed by atoms with Crippen molar-refractivity contribution in [3.8, 4) is 11.3 Å². The number of hydrogen-bond donors (Lipinski definition) is 2. The number of piperidine rings is 1. The molecule has 2 saturated carbocycles. The van der Waals surface area contributed by atoms with Gasteiger partial charge in [-0.2, -0.15) is 5.10 Å². The molecular formula is C30H29F3N6O3. The lowest BCUT2D eigenvalue weighted by Gasteiger charge is -2.35. The molecule has 3 amide bonds. The summed E-state index contributed by atoms with van der Waals surface area (Å²) >= 11 is 0. The number of pyridine rings is 1. The number of nitrogens with one attached hydrogen (secondary N) is 2. The first-order chi connectivity index (χ1) is 20.2. The van der Waals surface area contributed by atoms with Gasteiger partial charge in [0.1, 0.15) is 11.7 Å². The van der Waals surface area contributed by atoms with E-state index >= 15 is 0 Å². The number of amides is 3. The van der Waals surface area contributed by atoms with Gasteiger partial charge >= 0.3 is 0 Å². The van der Waals surface area contributed by atoms with E-state index in [-0.39, 0.29) is 30.2 Å². The molecule has 1 atom stereocenters. The van der Waals surface area contributed by atoms with Crippen molar-refractivity contribution >= 4 is 23.4 Å². The fourth-order valence-corrected chi connectivity index (χ4v) is 6.24. The van der Waals surface area contributed by atoms with E-state index in [1.165, 1.54) is 11.0 Å². The van der Waals surface area contributed by atoms with Crippen LogP contribution in [0.15, 0.2) is 36.5 Å². The lowest BCUT2D eigenvalue weighted by molar-refractivity contribution is -0.136. The standard InChI is InChI=1S/C30H29F3N6O3/c31-22-5-6-23(35-27(22)28(32)33)21-14-39(37-26(21)16-1-2-16)19-9-15(10-19)12-34-18-3-4-20-17(11-18)13-38(30(20)42)24-7-8-25(40)36-29(24)41/h3-6,11,14-16,19,24,28,34H,1-2,7-10,12-13H2,(H,36,40,41). The van der Waals surface area contributed by atoms with Crippen LogP contribution in [-0.2, 0) is 16.1 Å². The molecule has 218 valence electrons. The summed E-state index contributed by atoms with van der Waals surface area (Å²) in [7, 11) is 0. The van der Waals surface area contributed by atoms with Crippen molar-refractivity contribution < 1.29 is 27.6 Å². The first-order valence-electron chi connectivity index (χ1n) is 14.3. The molecule has 2 aliphatic heterocycles. The van der Waals surface area contributed by atoms with Gasteiger partial charge in [-0.05, 0) is 73.9 Å². The lowest BCUT2D eigenvalue weighted by Crippen LogP contribution is -2.52. The van der Waals surface area contributed by atoms with Crippen LogP contribution in [0.2, 0.25) is 0 Å². The minimum Gasteiger partial charge on any atom is -0.385 e. The quantitative estimate of drug-likeness (QED) is 0.375. The van der Waals surface area contributed by atoms with E-state index in [1.807, 2.05) is 23.0 Å². The fraction of sp³-hybridized carbons (Fsp3) is 0.433. The molecule has 42 heavy (non-hydrogen) atoms. The van der Waals surface area contributed by atoms with Gasteiger partial charge in [-0.25, -0.2) is 18.2 Å². The predicted octanol–water partition coefficient (Wildman–Crippen LogP) is 4.72. The summed E-state index contributed by atoms with van der Waals surface area (Å²) in [6.45, 7) is 1.06. The van der Waals surface area contributed by atoms with Crippen LogP contribution in [0.4, 0.5) is 18.9 Å². The van der Waals surface area contributed by atoms with Gasteiger partial charge in [0.2, 0.25) is 11.8 Å². The maximum atomic E-state index is 13.8. The molecule has 1 aromatic carbocycles. The van der Waals surface area contributed by atoms with Crippen molar-refractivity contribution in [2.75, 3.05) is 11.9 Å². The molecule has 2 aromatic heterocycles. The number of carbonyl (C=O) groups excluding carboxylic acids is 3. The Kier molecular flexibility index (Phi) is 6.51. The zero-order chi connectivity index (χ0) is 29.1. The summed E-state index contributed by atoms with van der Waals surface area (Å²) in [5, 5.41) is 10.6. The minimum atomic E-state index is -2.99. The smallest absolute Gasteiger partial charge is 0.283 e. The molecule has 3 aromatic rings. The topological polar surface area (TPSA) is 109 Å². The van der Waals surface area contributed by atoms with Crippen LogP contribution in [0.1, 0.15) is 84.2 Å². The van der Waals surface area contributed by atoms with Crippen molar-refractivity contribution in [1.29, 1.82) is 0 Å². The number of imide groups is 1. The number of benzene rings is 1. The SMILES string of the molecule is O=C1CCC(N2Cc3cc(NCC4CC(n5cc(-c6ccc(F)c(C(F)F)n6)c(C6CC6)n5)C4)ccc3C2=O)C(=O)N1. The maximum Gasteiger partial charge on any atom is 0.283 e. The van der Waals surface area contributed by atoms with E-state index in [4.69, 9.17) is 5.10 Å². The average molecular weight is 579 g/mol. The summed E-state index contributed by atoms with van der Waals surface area (Å²) in [4.78, 5) is 42.2. The number of rotatable bonds is 8. The predicted molar refractivity (Wildman–Crippen MR) is 145 cm³/mol. The third kappa shape index (κ3) is 4.82. The van der Waals surface area contributed by atoms with Crippen LogP contribution >= 0.6 is 0 Å². The van der Waals surface area contributed by atoms with Crippen LogP contribution in [0.25, 0.3) is 11.3 Å². The van der Waals surface area contributed by atoms with Gasteiger partial charge in [-0.15, -0.1) is 0 Å². The molecular weight excluding hydrogens is 549 g/mol. The Bertz CT molecular complexity index is 1600. The Morgan fingerprint density at radius 1 is 1.05 bits per heavy atom. The highest BCUT2D eigenvalue weighted by atomic mass is 19.3. The molecule has 9 nitrogen and oxygen atoms in total. The van der Waals surface area contributed by atoms with E-state index in [2.05, 4.69) is 15.6 Å². The van der Waals surface area contributed by atoms with Gasteiger partial charge in [-0.1, -0.05) is 0 Å². The number of fused-ring (bicyclic) bond motifs is 1. The zero-order valence-corrected chi connectivity index (χ0v) is 22.7. The molecule has 2 N–H and O–H groups in total. The van der Waals surface area contributed by atoms with Crippen LogP contribution < -0.4 is 10.6 Å². The number of alkyl halides is 2. The Morgan fingerprint density at radius 2 is 1.86 bits per heavy atom. The normalized spacial score (nSPS) is 23.7. The number of anilines is 1. The monoisotopic (exact) mass is 578 g/mol. The molecule has 3 fully saturated rings. The van der Waals surface area contributed by atoms with Gasteiger partial charge in [0.05, 0.1) is 17.4 Å². The van der Waals surface area contributed by atoms with Crippen LogP contribution in [-0.4, -0.2) is 50.0 Å². The van der Waals surface area contributed by atoms with Crippen molar-refractivity contribution in [2.45, 2.75) is 69.5 Å². The number of nitrogens with zero attached hydrogens (tertiary/aromatic N) is 4. The summed E-state index contributed by atoms with van der Waals surface area (Å²) in [5.41, 5.74) is 3.34. The Balaban J connectivity index is 0.978. The second-order valence-electron chi connectivity index (χ2n) is 11.7. The first kappa shape index (κ1) is 26.7. The minimum absolute atomic E-state index is 0.179. The van der Waals surface area contributed by atoms with E-state index in [0.29, 0.717) is 35.7 Å². The highest BCUT2D eigenvalue weighted by Crippen LogP contribution is 2.46. The molecule has 1 saturated heterocycles. The number of halogens is 3. The molecule has 1 unspecified atom stereocenters. The summed E-state index contributed by atoms with van der Waals surface area (Å²) < 4.78 is 42.3. The largest absolute Gasteiger partial charge is 0.385 e. The molecule has 4 aliphatic rings. The summed E-state index contributed by atoms with van der Waals surface area (Å²) in [6, 6.07) is 7.62. The summed E-state index contributed by atoms with van der Waals surface area (Å²) in [6.07, 6.45) is 3.19. The van der Waals surface area contributed by atoms with Crippen molar-refractivity contribution in [3.63, 3.8) is 0 Å². The zero-order valence-electron chi connectivity index (χ0n) is 22.7. The average Bonchev–Trinajstić information content (AvgIpc) is 3.61. The maximum absolute atomic E-state index is 13.8. The molecule has 0 bridgehead atoms. The van der Waals surface area contributed by atoms with Crippen LogP contribution in [0.3, 0.4) is 0 Å². The van der Waals surface area contributed by atoms with Crippen molar-refractivity contribution in [1.82, 2.24) is 25.0 Å². The van der Waals surface area contributed by atoms with Gasteiger partial charge in [0.15, 0.2) is 5.82 Å². The Labute approximate surface area is 239 Å². The second-order valence-corrected chi connectivity index (χ2v) is 11.7. The van der Waals surface area contributed by atoms with Gasteiger partial charge in [0.25, 0.3) is 12.3 Å². The number of hydrogen-bond acceptors (Lipinski definition) is 6. The molecule has 4 heterocycles. The Hall–Kier alpha value is -4.22. The summed E-state index contributed by atoms with van der Waals surface area (Å²) in [5.74, 6) is -1.27. The van der Waals surface area contributed by atoms with Crippen molar-refractivity contribution in [3.05, 3.63) is 64.9 Å². The van der Waals surface area contributed by atoms with E-state index in [1.54, 1.807) is 6.07 Å². The molecule has 12 heteroatoms. The molecule has 2 aliphatic carbocycles. The van der Waals surface area contributed by atoms with Gasteiger partial charge in [-0.3, -0.25) is 24.4 Å². The number of carbonyl (C=O) groups is 3. The first-order valence-corrected chi connectivity index (χ1v) is 14.3. The Morgan fingerprint density at radius 3 is 2.60 bits per heavy atom. The number of aromatic nitrogens is 3. The van der Waals surface area contributed by atoms with Gasteiger partial charge < -0.3 is 10.2 Å². The fourth-order valence-electron chi connectivity index (χ4n) is 6.24. The lowest BCUT2D eigenvalue weighted by atomic mass is 9.80. The van der Waals surface area contributed by atoms with E-state index < -0.39 is 29.9 Å². The second kappa shape index (κ2) is 10.2. The highest BCUT2D eigenvalue weighted by Gasteiger charge is 2.39. The third-order valence-electron chi connectivity index (χ3n) is 8.78. The molecule has 0 spiro atoms. The van der Waals surface area contributed by atoms with Crippen LogP contribution in [0, 0.1) is 11.7 Å². The van der Waals surface area contributed by atoms with Crippen molar-refractivity contribution in [2.24, 2.45) is 5.92 Å². The highest BCUT2D eigenvalue weighted by molar-refractivity contribution is 6.05. The molecule has 7 rings (SSSR count). The van der Waals surface area contributed by atoms with Gasteiger partial charge in [0, 0.05) is 48.4 Å². The molecule has 0 radical (unpaired) electrons. The third-order valence-corrected chi connectivity index (χ3v) is 8.78. The van der Waals surface area contributed by atoms with E-state index in [9.17, 15) is 27.6 Å². The van der Waals surface area contributed by atoms with E-state index in [0.717, 1.165) is 55.2 Å².